The van der Waals surface area contributed by atoms with E-state index in [2.05, 4.69) is 10.3 Å². The number of amides is 1. The first-order chi connectivity index (χ1) is 10.6. The maximum atomic E-state index is 12.2. The van der Waals surface area contributed by atoms with Gasteiger partial charge in [-0.3, -0.25) is 14.2 Å². The fraction of sp³-hybridized carbons (Fsp3) is 0.133. The third-order valence-electron chi connectivity index (χ3n) is 3.05. The molecule has 0 saturated carbocycles. The lowest BCUT2D eigenvalue weighted by atomic mass is 10.3. The fourth-order valence-electron chi connectivity index (χ4n) is 1.96. The summed E-state index contributed by atoms with van der Waals surface area (Å²) in [6.45, 7) is 0. The van der Waals surface area contributed by atoms with E-state index in [1.807, 2.05) is 35.7 Å². The number of nitrogens with zero attached hydrogens (tertiary/aromatic N) is 2. The van der Waals surface area contributed by atoms with Crippen molar-refractivity contribution in [1.82, 2.24) is 9.55 Å². The smallest absolute Gasteiger partial charge is 0.262 e. The molecule has 3 aromatic rings. The molecular formula is C15H13N3O2S2. The van der Waals surface area contributed by atoms with Gasteiger partial charge in [-0.05, 0) is 23.6 Å². The second kappa shape index (κ2) is 6.33. The van der Waals surface area contributed by atoms with Crippen LogP contribution < -0.4 is 10.9 Å². The van der Waals surface area contributed by atoms with Crippen LogP contribution in [0.4, 0.5) is 5.69 Å². The monoisotopic (exact) mass is 331 g/mol. The Bertz CT molecular complexity index is 871. The number of carbonyl (C=O) groups is 1. The molecule has 2 aromatic heterocycles. The highest BCUT2D eigenvalue weighted by molar-refractivity contribution is 7.99. The molecule has 7 heteroatoms. The van der Waals surface area contributed by atoms with E-state index >= 15 is 0 Å². The molecule has 22 heavy (non-hydrogen) atoms. The average molecular weight is 331 g/mol. The van der Waals surface area contributed by atoms with Crippen molar-refractivity contribution in [3.63, 3.8) is 0 Å². The lowest BCUT2D eigenvalue weighted by Gasteiger charge is -2.07. The van der Waals surface area contributed by atoms with Gasteiger partial charge in [-0.25, -0.2) is 4.98 Å². The maximum absolute atomic E-state index is 12.2. The van der Waals surface area contributed by atoms with Crippen molar-refractivity contribution in [3.8, 4) is 0 Å². The van der Waals surface area contributed by atoms with Gasteiger partial charge in [0.2, 0.25) is 5.91 Å². The van der Waals surface area contributed by atoms with E-state index in [0.717, 1.165) is 5.69 Å². The molecule has 1 aromatic carbocycles. The highest BCUT2D eigenvalue weighted by Crippen LogP contribution is 2.20. The second-order valence-corrected chi connectivity index (χ2v) is 6.44. The normalized spacial score (nSPS) is 10.8. The van der Waals surface area contributed by atoms with Gasteiger partial charge in [0.05, 0.1) is 11.1 Å². The van der Waals surface area contributed by atoms with Gasteiger partial charge in [0.15, 0.2) is 5.16 Å². The van der Waals surface area contributed by atoms with E-state index in [9.17, 15) is 9.59 Å². The van der Waals surface area contributed by atoms with Gasteiger partial charge < -0.3 is 5.32 Å². The third-order valence-corrected chi connectivity index (χ3v) is 4.89. The zero-order chi connectivity index (χ0) is 15.5. The van der Waals surface area contributed by atoms with E-state index < -0.39 is 0 Å². The predicted molar refractivity (Wildman–Crippen MR) is 90.7 cm³/mol. The van der Waals surface area contributed by atoms with Crippen molar-refractivity contribution in [2.75, 3.05) is 11.1 Å². The van der Waals surface area contributed by atoms with Crippen LogP contribution in [0.25, 0.3) is 10.2 Å². The first-order valence-corrected chi connectivity index (χ1v) is 8.43. The minimum absolute atomic E-state index is 0.0859. The number of carbonyl (C=O) groups excluding carboxylic acids is 1. The number of thiophene rings is 1. The molecule has 0 radical (unpaired) electrons. The largest absolute Gasteiger partial charge is 0.325 e. The fourth-order valence-corrected chi connectivity index (χ4v) is 3.53. The number of aromatic nitrogens is 2. The summed E-state index contributed by atoms with van der Waals surface area (Å²) in [6, 6.07) is 11.0. The van der Waals surface area contributed by atoms with Crippen LogP contribution in [0.5, 0.6) is 0 Å². The Labute approximate surface area is 135 Å². The number of thioether (sulfide) groups is 1. The number of hydrogen-bond donors (Lipinski definition) is 1. The molecule has 0 aliphatic carbocycles. The summed E-state index contributed by atoms with van der Waals surface area (Å²) in [7, 11) is 1.67. The van der Waals surface area contributed by atoms with Gasteiger partial charge >= 0.3 is 0 Å². The highest BCUT2D eigenvalue weighted by Gasteiger charge is 2.11. The molecular weight excluding hydrogens is 318 g/mol. The molecule has 0 atom stereocenters. The Morgan fingerprint density at radius 2 is 2.09 bits per heavy atom. The van der Waals surface area contributed by atoms with Gasteiger partial charge in [-0.1, -0.05) is 30.0 Å². The number of fused-ring (bicyclic) bond motifs is 1. The summed E-state index contributed by atoms with van der Waals surface area (Å²) >= 11 is 2.68. The molecule has 2 heterocycles. The number of anilines is 1. The lowest BCUT2D eigenvalue weighted by molar-refractivity contribution is -0.113. The standard InChI is InChI=1S/C15H13N3O2S2/c1-18-14(20)11-7-8-21-13(11)17-15(18)22-9-12(19)16-10-5-3-2-4-6-10/h2-8H,9H2,1H3,(H,16,19). The van der Waals surface area contributed by atoms with Crippen LogP contribution in [0.2, 0.25) is 0 Å². The van der Waals surface area contributed by atoms with E-state index in [-0.39, 0.29) is 17.2 Å². The minimum atomic E-state index is -0.128. The summed E-state index contributed by atoms with van der Waals surface area (Å²) in [5, 5.41) is 5.81. The van der Waals surface area contributed by atoms with Gasteiger partial charge in [0, 0.05) is 12.7 Å². The molecule has 0 fully saturated rings. The zero-order valence-corrected chi connectivity index (χ0v) is 13.4. The summed E-state index contributed by atoms with van der Waals surface area (Å²) in [6.07, 6.45) is 0. The van der Waals surface area contributed by atoms with Gasteiger partial charge in [-0.2, -0.15) is 0 Å². The van der Waals surface area contributed by atoms with Crippen LogP contribution >= 0.6 is 23.1 Å². The van der Waals surface area contributed by atoms with Crippen LogP contribution in [0.3, 0.4) is 0 Å². The van der Waals surface area contributed by atoms with Crippen molar-refractivity contribution in [3.05, 3.63) is 52.1 Å². The average Bonchev–Trinajstić information content (AvgIpc) is 2.99. The zero-order valence-electron chi connectivity index (χ0n) is 11.8. The molecule has 112 valence electrons. The Kier molecular flexibility index (Phi) is 4.26. The van der Waals surface area contributed by atoms with Crippen molar-refractivity contribution >= 4 is 44.9 Å². The molecule has 5 nitrogen and oxygen atoms in total. The Morgan fingerprint density at radius 1 is 1.32 bits per heavy atom. The number of nitrogens with one attached hydrogen (secondary N) is 1. The first kappa shape index (κ1) is 14.8. The van der Waals surface area contributed by atoms with E-state index in [1.54, 1.807) is 13.1 Å². The number of rotatable bonds is 4. The Balaban J connectivity index is 1.72. The number of benzene rings is 1. The van der Waals surface area contributed by atoms with Crippen molar-refractivity contribution in [1.29, 1.82) is 0 Å². The van der Waals surface area contributed by atoms with Crippen LogP contribution in [0.1, 0.15) is 0 Å². The first-order valence-electron chi connectivity index (χ1n) is 6.57. The molecule has 1 N–H and O–H groups in total. The molecule has 0 saturated heterocycles. The van der Waals surface area contributed by atoms with Crippen molar-refractivity contribution in [2.45, 2.75) is 5.16 Å². The van der Waals surface area contributed by atoms with E-state index in [1.165, 1.54) is 27.7 Å². The summed E-state index contributed by atoms with van der Waals surface area (Å²) < 4.78 is 1.48. The molecule has 0 unspecified atom stereocenters. The van der Waals surface area contributed by atoms with Gasteiger partial charge in [0.25, 0.3) is 5.56 Å². The van der Waals surface area contributed by atoms with Crippen LogP contribution in [0, 0.1) is 0 Å². The predicted octanol–water partition coefficient (Wildman–Crippen LogP) is 2.73. The molecule has 3 rings (SSSR count). The molecule has 0 spiro atoms. The quantitative estimate of drug-likeness (QED) is 0.590. The Hall–Kier alpha value is -2.12. The molecule has 1 amide bonds. The summed E-state index contributed by atoms with van der Waals surface area (Å²) in [5.41, 5.74) is 0.667. The van der Waals surface area contributed by atoms with Crippen LogP contribution in [0.15, 0.2) is 51.7 Å². The summed E-state index contributed by atoms with van der Waals surface area (Å²) in [4.78, 5) is 29.3. The maximum Gasteiger partial charge on any atom is 0.262 e. The topological polar surface area (TPSA) is 64.0 Å². The minimum Gasteiger partial charge on any atom is -0.325 e. The SMILES string of the molecule is Cn1c(SCC(=O)Nc2ccccc2)nc2sccc2c1=O. The number of para-hydroxylation sites is 1. The lowest BCUT2D eigenvalue weighted by Crippen LogP contribution is -2.20. The van der Waals surface area contributed by atoms with Gasteiger partial charge in [-0.15, -0.1) is 11.3 Å². The van der Waals surface area contributed by atoms with Crippen LogP contribution in [-0.4, -0.2) is 21.2 Å². The van der Waals surface area contributed by atoms with Crippen LogP contribution in [-0.2, 0) is 11.8 Å². The third kappa shape index (κ3) is 3.05. The molecule has 0 aliphatic rings. The molecule has 0 bridgehead atoms. The molecule has 0 aliphatic heterocycles. The summed E-state index contributed by atoms with van der Waals surface area (Å²) in [5.74, 6) is 0.0724. The van der Waals surface area contributed by atoms with Crippen molar-refractivity contribution < 1.29 is 4.79 Å². The van der Waals surface area contributed by atoms with E-state index in [4.69, 9.17) is 0 Å². The highest BCUT2D eigenvalue weighted by atomic mass is 32.2. The van der Waals surface area contributed by atoms with E-state index in [0.29, 0.717) is 15.4 Å². The van der Waals surface area contributed by atoms with Crippen molar-refractivity contribution in [2.24, 2.45) is 7.05 Å². The second-order valence-electron chi connectivity index (χ2n) is 4.60. The van der Waals surface area contributed by atoms with Gasteiger partial charge in [0.1, 0.15) is 4.83 Å². The number of hydrogen-bond acceptors (Lipinski definition) is 5. The Morgan fingerprint density at radius 3 is 2.86 bits per heavy atom.